The molecule has 0 saturated heterocycles. The second-order valence-electron chi connectivity index (χ2n) is 6.66. The van der Waals surface area contributed by atoms with Crippen LogP contribution in [0.2, 0.25) is 0 Å². The molecule has 0 spiro atoms. The monoisotopic (exact) mass is 334 g/mol. The van der Waals surface area contributed by atoms with Gasteiger partial charge in [-0.05, 0) is 58.4 Å². The van der Waals surface area contributed by atoms with Crippen LogP contribution in [0.4, 0.5) is 4.79 Å². The lowest BCUT2D eigenvalue weighted by Gasteiger charge is -2.29. The van der Waals surface area contributed by atoms with E-state index in [1.165, 1.54) is 0 Å². The van der Waals surface area contributed by atoms with Crippen molar-refractivity contribution in [3.8, 4) is 6.01 Å². The number of hydrogen-bond acceptors (Lipinski definition) is 4. The lowest BCUT2D eigenvalue weighted by atomic mass is 9.93. The summed E-state index contributed by atoms with van der Waals surface area (Å²) in [4.78, 5) is 20.7. The summed E-state index contributed by atoms with van der Waals surface area (Å²) in [5.41, 5.74) is 1.84. The van der Waals surface area contributed by atoms with Gasteiger partial charge in [0.25, 0.3) is 0 Å². The van der Waals surface area contributed by atoms with Crippen LogP contribution in [-0.4, -0.2) is 34.2 Å². The zero-order chi connectivity index (χ0) is 17.5. The molecule has 0 atom stereocenters. The molecule has 1 saturated carbocycles. The molecule has 1 heterocycles. The average Bonchev–Trinajstić information content (AvgIpc) is 2.53. The van der Waals surface area contributed by atoms with Gasteiger partial charge in [-0.25, -0.2) is 14.8 Å². The quantitative estimate of drug-likeness (QED) is 0.837. The summed E-state index contributed by atoms with van der Waals surface area (Å²) < 4.78 is 5.92. The van der Waals surface area contributed by atoms with Crippen LogP contribution in [0.5, 0.6) is 6.01 Å². The van der Waals surface area contributed by atoms with Gasteiger partial charge >= 0.3 is 12.0 Å². The first-order valence-electron chi connectivity index (χ1n) is 9.06. The molecule has 6 heteroatoms. The summed E-state index contributed by atoms with van der Waals surface area (Å²) in [6, 6.07) is 2.83. The third-order valence-electron chi connectivity index (χ3n) is 4.56. The van der Waals surface area contributed by atoms with Crippen LogP contribution < -0.4 is 15.4 Å². The molecule has 134 valence electrons. The van der Waals surface area contributed by atoms with Crippen molar-refractivity contribution >= 4 is 6.03 Å². The molecule has 1 aromatic heterocycles. The Kier molecular flexibility index (Phi) is 6.82. The Morgan fingerprint density at radius 2 is 1.75 bits per heavy atom. The lowest BCUT2D eigenvalue weighted by molar-refractivity contribution is 0.128. The number of ether oxygens (including phenoxy) is 1. The van der Waals surface area contributed by atoms with Crippen LogP contribution in [0, 0.1) is 13.8 Å². The van der Waals surface area contributed by atoms with E-state index in [9.17, 15) is 4.79 Å². The summed E-state index contributed by atoms with van der Waals surface area (Å²) in [5.74, 6) is 0. The topological polar surface area (TPSA) is 76.1 Å². The second-order valence-corrected chi connectivity index (χ2v) is 6.66. The van der Waals surface area contributed by atoms with Crippen molar-refractivity contribution in [3.05, 3.63) is 17.5 Å². The predicted octanol–water partition coefficient (Wildman–Crippen LogP) is 3.27. The highest BCUT2D eigenvalue weighted by atomic mass is 16.5. The van der Waals surface area contributed by atoms with Crippen molar-refractivity contribution in [3.63, 3.8) is 0 Å². The van der Waals surface area contributed by atoms with E-state index >= 15 is 0 Å². The maximum Gasteiger partial charge on any atom is 0.317 e. The standard InChI is InChI=1S/C18H30N4O2/c1-5-14(6-2)21-17(23)22-15-7-9-16(10-8-15)24-18-19-12(3)11-13(4)20-18/h11,14-16H,5-10H2,1-4H3,(H2,21,22,23). The van der Waals surface area contributed by atoms with Crippen LogP contribution in [0.3, 0.4) is 0 Å². The normalized spacial score (nSPS) is 20.7. The summed E-state index contributed by atoms with van der Waals surface area (Å²) in [7, 11) is 0. The fourth-order valence-electron chi connectivity index (χ4n) is 3.13. The maximum absolute atomic E-state index is 12.0. The summed E-state index contributed by atoms with van der Waals surface area (Å²) in [6.45, 7) is 8.07. The molecular formula is C18H30N4O2. The Morgan fingerprint density at radius 1 is 1.17 bits per heavy atom. The molecule has 1 fully saturated rings. The first kappa shape index (κ1) is 18.5. The highest BCUT2D eigenvalue weighted by molar-refractivity contribution is 5.74. The van der Waals surface area contributed by atoms with Crippen LogP contribution in [0.15, 0.2) is 6.07 Å². The first-order chi connectivity index (χ1) is 11.5. The van der Waals surface area contributed by atoms with E-state index in [2.05, 4.69) is 34.4 Å². The fraction of sp³-hybridized carbons (Fsp3) is 0.722. The third kappa shape index (κ3) is 5.65. The second kappa shape index (κ2) is 8.85. The molecule has 0 unspecified atom stereocenters. The number of carbonyl (C=O) groups excluding carboxylic acids is 1. The van der Waals surface area contributed by atoms with E-state index in [-0.39, 0.29) is 24.2 Å². The molecule has 0 bridgehead atoms. The van der Waals surface area contributed by atoms with Gasteiger partial charge in [0, 0.05) is 23.5 Å². The van der Waals surface area contributed by atoms with Gasteiger partial charge in [-0.2, -0.15) is 0 Å². The van der Waals surface area contributed by atoms with Crippen molar-refractivity contribution in [1.29, 1.82) is 0 Å². The van der Waals surface area contributed by atoms with Crippen molar-refractivity contribution < 1.29 is 9.53 Å². The molecule has 1 aliphatic carbocycles. The van der Waals surface area contributed by atoms with E-state index in [1.54, 1.807) is 0 Å². The maximum atomic E-state index is 12.0. The Hall–Kier alpha value is -1.85. The predicted molar refractivity (Wildman–Crippen MR) is 94.2 cm³/mol. The Morgan fingerprint density at radius 3 is 2.29 bits per heavy atom. The fourth-order valence-corrected chi connectivity index (χ4v) is 3.13. The van der Waals surface area contributed by atoms with Gasteiger partial charge in [0.05, 0.1) is 0 Å². The smallest absolute Gasteiger partial charge is 0.317 e. The summed E-state index contributed by atoms with van der Waals surface area (Å²) in [5, 5.41) is 6.11. The number of nitrogens with one attached hydrogen (secondary N) is 2. The largest absolute Gasteiger partial charge is 0.460 e. The third-order valence-corrected chi connectivity index (χ3v) is 4.56. The van der Waals surface area contributed by atoms with Gasteiger partial charge < -0.3 is 15.4 Å². The number of nitrogens with zero attached hydrogens (tertiary/aromatic N) is 2. The molecule has 0 aliphatic heterocycles. The summed E-state index contributed by atoms with van der Waals surface area (Å²) in [6.07, 6.45) is 5.71. The zero-order valence-electron chi connectivity index (χ0n) is 15.3. The van der Waals surface area contributed by atoms with Gasteiger partial charge in [-0.15, -0.1) is 0 Å². The molecular weight excluding hydrogens is 304 g/mol. The molecule has 2 amide bonds. The van der Waals surface area contributed by atoms with Crippen molar-refractivity contribution in [2.75, 3.05) is 0 Å². The van der Waals surface area contributed by atoms with Gasteiger partial charge in [0.15, 0.2) is 0 Å². The molecule has 24 heavy (non-hydrogen) atoms. The molecule has 0 radical (unpaired) electrons. The Bertz CT molecular complexity index is 518. The number of amides is 2. The number of rotatable bonds is 6. The highest BCUT2D eigenvalue weighted by Gasteiger charge is 2.24. The van der Waals surface area contributed by atoms with Crippen molar-refractivity contribution in [2.45, 2.75) is 84.4 Å². The van der Waals surface area contributed by atoms with E-state index in [4.69, 9.17) is 4.74 Å². The van der Waals surface area contributed by atoms with Gasteiger partial charge in [0.2, 0.25) is 0 Å². The number of urea groups is 1. The first-order valence-corrected chi connectivity index (χ1v) is 9.06. The van der Waals surface area contributed by atoms with Crippen LogP contribution in [-0.2, 0) is 0 Å². The Labute approximate surface area is 144 Å². The van der Waals surface area contributed by atoms with Gasteiger partial charge in [-0.3, -0.25) is 0 Å². The average molecular weight is 334 g/mol. The number of aryl methyl sites for hydroxylation is 2. The minimum absolute atomic E-state index is 0.0503. The molecule has 6 nitrogen and oxygen atoms in total. The molecule has 0 aromatic carbocycles. The highest BCUT2D eigenvalue weighted by Crippen LogP contribution is 2.22. The minimum Gasteiger partial charge on any atom is -0.460 e. The van der Waals surface area contributed by atoms with E-state index in [0.29, 0.717) is 6.01 Å². The molecule has 2 rings (SSSR count). The van der Waals surface area contributed by atoms with Gasteiger partial charge in [-0.1, -0.05) is 13.8 Å². The molecule has 2 N–H and O–H groups in total. The lowest BCUT2D eigenvalue weighted by Crippen LogP contribution is -2.47. The van der Waals surface area contributed by atoms with Crippen LogP contribution in [0.25, 0.3) is 0 Å². The SMILES string of the molecule is CCC(CC)NC(=O)NC1CCC(Oc2nc(C)cc(C)n2)CC1. The van der Waals surface area contributed by atoms with Crippen LogP contribution >= 0.6 is 0 Å². The van der Waals surface area contributed by atoms with E-state index in [0.717, 1.165) is 49.9 Å². The van der Waals surface area contributed by atoms with Gasteiger partial charge in [0.1, 0.15) is 6.10 Å². The minimum atomic E-state index is -0.0503. The van der Waals surface area contributed by atoms with E-state index in [1.807, 2.05) is 19.9 Å². The van der Waals surface area contributed by atoms with Crippen molar-refractivity contribution in [1.82, 2.24) is 20.6 Å². The molecule has 1 aliphatic rings. The zero-order valence-corrected chi connectivity index (χ0v) is 15.3. The number of hydrogen-bond donors (Lipinski definition) is 2. The Balaban J connectivity index is 1.76. The van der Waals surface area contributed by atoms with Crippen LogP contribution in [0.1, 0.15) is 63.8 Å². The van der Waals surface area contributed by atoms with E-state index < -0.39 is 0 Å². The van der Waals surface area contributed by atoms with Crippen molar-refractivity contribution in [2.24, 2.45) is 0 Å². The molecule has 1 aromatic rings. The number of carbonyl (C=O) groups is 1. The number of aromatic nitrogens is 2. The summed E-state index contributed by atoms with van der Waals surface area (Å²) >= 11 is 0.